The number of hydrogen-bond acceptors (Lipinski definition) is 2. The van der Waals surface area contributed by atoms with Gasteiger partial charge in [-0.15, -0.1) is 0 Å². The minimum absolute atomic E-state index is 0.338. The van der Waals surface area contributed by atoms with Gasteiger partial charge in [0.1, 0.15) is 0 Å². The summed E-state index contributed by atoms with van der Waals surface area (Å²) >= 11 is 0. The van der Waals surface area contributed by atoms with Crippen molar-refractivity contribution >= 4 is 0 Å². The monoisotopic (exact) mass is 157 g/mol. The zero-order valence-electron chi connectivity index (χ0n) is 7.34. The van der Waals surface area contributed by atoms with Crippen molar-refractivity contribution in [3.05, 3.63) is 0 Å². The molecule has 0 aromatic carbocycles. The summed E-state index contributed by atoms with van der Waals surface area (Å²) in [6, 6.07) is 0.808. The van der Waals surface area contributed by atoms with Crippen molar-refractivity contribution in [3.8, 4) is 0 Å². The van der Waals surface area contributed by atoms with Crippen LogP contribution in [0.5, 0.6) is 0 Å². The molecule has 0 bridgehead atoms. The van der Waals surface area contributed by atoms with E-state index in [2.05, 4.69) is 12.2 Å². The van der Waals surface area contributed by atoms with Gasteiger partial charge in [-0.2, -0.15) is 0 Å². The molecule has 66 valence electrons. The molecule has 0 aliphatic heterocycles. The molecule has 1 saturated carbocycles. The molecule has 1 rings (SSSR count). The molecule has 0 heterocycles. The highest BCUT2D eigenvalue weighted by atomic mass is 16.3. The molecule has 0 aromatic heterocycles. The van der Waals surface area contributed by atoms with Gasteiger partial charge < -0.3 is 10.4 Å². The third-order valence-electron chi connectivity index (χ3n) is 2.39. The molecule has 1 atom stereocenters. The van der Waals surface area contributed by atoms with E-state index < -0.39 is 0 Å². The van der Waals surface area contributed by atoms with E-state index in [0.717, 1.165) is 19.0 Å². The highest BCUT2D eigenvalue weighted by Crippen LogP contribution is 2.19. The van der Waals surface area contributed by atoms with Crippen molar-refractivity contribution in [1.82, 2.24) is 5.32 Å². The zero-order chi connectivity index (χ0) is 8.10. The van der Waals surface area contributed by atoms with Crippen LogP contribution in [0, 0.1) is 5.92 Å². The lowest BCUT2D eigenvalue weighted by atomic mass is 10.0. The first-order valence-electron chi connectivity index (χ1n) is 4.71. The number of aliphatic hydroxyl groups is 1. The molecule has 0 amide bonds. The third-order valence-corrected chi connectivity index (χ3v) is 2.39. The molecule has 2 N–H and O–H groups in total. The summed E-state index contributed by atoms with van der Waals surface area (Å²) in [5.74, 6) is 0.681. The van der Waals surface area contributed by atoms with E-state index in [9.17, 15) is 0 Å². The Balaban J connectivity index is 1.98. The number of hydrogen-bond donors (Lipinski definition) is 2. The third kappa shape index (κ3) is 3.73. The minimum atomic E-state index is 0.338. The molecule has 2 heteroatoms. The van der Waals surface area contributed by atoms with Crippen molar-refractivity contribution in [2.75, 3.05) is 13.2 Å². The van der Waals surface area contributed by atoms with Gasteiger partial charge >= 0.3 is 0 Å². The van der Waals surface area contributed by atoms with E-state index in [-0.39, 0.29) is 0 Å². The van der Waals surface area contributed by atoms with Crippen LogP contribution in [0.4, 0.5) is 0 Å². The van der Waals surface area contributed by atoms with Crippen LogP contribution in [0.15, 0.2) is 0 Å². The Morgan fingerprint density at radius 2 is 2.27 bits per heavy atom. The maximum absolute atomic E-state index is 8.72. The lowest BCUT2D eigenvalue weighted by Gasteiger charge is -2.13. The average molecular weight is 157 g/mol. The quantitative estimate of drug-likeness (QED) is 0.606. The molecular formula is C9H19NO. The molecule has 1 unspecified atom stereocenters. The molecular weight excluding hydrogens is 138 g/mol. The number of rotatable bonds is 6. The van der Waals surface area contributed by atoms with Crippen LogP contribution in [-0.2, 0) is 0 Å². The maximum atomic E-state index is 8.72. The van der Waals surface area contributed by atoms with E-state index in [0.29, 0.717) is 12.5 Å². The van der Waals surface area contributed by atoms with E-state index in [1.54, 1.807) is 0 Å². The van der Waals surface area contributed by atoms with E-state index in [1.165, 1.54) is 19.3 Å². The van der Waals surface area contributed by atoms with Crippen LogP contribution in [0.3, 0.4) is 0 Å². The maximum Gasteiger partial charge on any atom is 0.0434 e. The summed E-state index contributed by atoms with van der Waals surface area (Å²) in [7, 11) is 0. The molecule has 11 heavy (non-hydrogen) atoms. The summed E-state index contributed by atoms with van der Waals surface area (Å²) in [6.45, 7) is 3.63. The summed E-state index contributed by atoms with van der Waals surface area (Å²) in [6.07, 6.45) is 4.85. The second kappa shape index (κ2) is 4.73. The van der Waals surface area contributed by atoms with E-state index in [4.69, 9.17) is 5.11 Å². The zero-order valence-corrected chi connectivity index (χ0v) is 7.34. The normalized spacial score (nSPS) is 20.2. The standard InChI is InChI=1S/C9H19NO/c1-2-8(5-6-11)7-10-9-3-4-9/h8-11H,2-7H2,1H3. The van der Waals surface area contributed by atoms with Gasteiger partial charge in [0.25, 0.3) is 0 Å². The molecule has 0 aromatic rings. The molecule has 0 saturated heterocycles. The Bertz CT molecular complexity index is 102. The summed E-state index contributed by atoms with van der Waals surface area (Å²) in [4.78, 5) is 0. The molecule has 0 spiro atoms. The summed E-state index contributed by atoms with van der Waals surface area (Å²) in [5.41, 5.74) is 0. The lowest BCUT2D eigenvalue weighted by molar-refractivity contribution is 0.251. The summed E-state index contributed by atoms with van der Waals surface area (Å²) < 4.78 is 0. The average Bonchev–Trinajstić information content (AvgIpc) is 2.81. The minimum Gasteiger partial charge on any atom is -0.396 e. The number of aliphatic hydroxyl groups excluding tert-OH is 1. The molecule has 1 aliphatic rings. The highest BCUT2D eigenvalue weighted by molar-refractivity contribution is 4.81. The Hall–Kier alpha value is -0.0800. The number of nitrogens with one attached hydrogen (secondary N) is 1. The largest absolute Gasteiger partial charge is 0.396 e. The second-order valence-electron chi connectivity index (χ2n) is 3.47. The first-order valence-corrected chi connectivity index (χ1v) is 4.71. The van der Waals surface area contributed by atoms with Crippen LogP contribution in [0.2, 0.25) is 0 Å². The van der Waals surface area contributed by atoms with Crippen molar-refractivity contribution in [3.63, 3.8) is 0 Å². The van der Waals surface area contributed by atoms with Crippen molar-refractivity contribution in [2.45, 2.75) is 38.6 Å². The van der Waals surface area contributed by atoms with Gasteiger partial charge in [-0.3, -0.25) is 0 Å². The van der Waals surface area contributed by atoms with Crippen LogP contribution in [-0.4, -0.2) is 24.3 Å². The fourth-order valence-corrected chi connectivity index (χ4v) is 1.25. The second-order valence-corrected chi connectivity index (χ2v) is 3.47. The Morgan fingerprint density at radius 1 is 1.55 bits per heavy atom. The van der Waals surface area contributed by atoms with Gasteiger partial charge in [0.05, 0.1) is 0 Å². The van der Waals surface area contributed by atoms with Gasteiger partial charge in [-0.05, 0) is 31.7 Å². The van der Waals surface area contributed by atoms with Gasteiger partial charge in [0.2, 0.25) is 0 Å². The lowest BCUT2D eigenvalue weighted by Crippen LogP contribution is -2.24. The van der Waals surface area contributed by atoms with Crippen LogP contribution in [0.25, 0.3) is 0 Å². The molecule has 1 fully saturated rings. The van der Waals surface area contributed by atoms with Crippen molar-refractivity contribution in [1.29, 1.82) is 0 Å². The van der Waals surface area contributed by atoms with Gasteiger partial charge in [-0.1, -0.05) is 13.3 Å². The predicted octanol–water partition coefficient (Wildman–Crippen LogP) is 1.15. The van der Waals surface area contributed by atoms with E-state index >= 15 is 0 Å². The van der Waals surface area contributed by atoms with Crippen LogP contribution < -0.4 is 5.32 Å². The molecule has 1 aliphatic carbocycles. The first kappa shape index (κ1) is 9.01. The smallest absolute Gasteiger partial charge is 0.0434 e. The van der Waals surface area contributed by atoms with Crippen LogP contribution in [0.1, 0.15) is 32.6 Å². The predicted molar refractivity (Wildman–Crippen MR) is 46.5 cm³/mol. The van der Waals surface area contributed by atoms with Gasteiger partial charge in [0.15, 0.2) is 0 Å². The molecule has 2 nitrogen and oxygen atoms in total. The van der Waals surface area contributed by atoms with Crippen LogP contribution >= 0.6 is 0 Å². The fraction of sp³-hybridized carbons (Fsp3) is 1.00. The fourth-order valence-electron chi connectivity index (χ4n) is 1.25. The van der Waals surface area contributed by atoms with Gasteiger partial charge in [-0.25, -0.2) is 0 Å². The van der Waals surface area contributed by atoms with Gasteiger partial charge in [0, 0.05) is 12.6 Å². The Kier molecular flexibility index (Phi) is 3.87. The summed E-state index contributed by atoms with van der Waals surface area (Å²) in [5, 5.41) is 12.2. The Labute approximate surface area is 69.0 Å². The molecule has 0 radical (unpaired) electrons. The Morgan fingerprint density at radius 3 is 2.73 bits per heavy atom. The first-order chi connectivity index (χ1) is 5.36. The van der Waals surface area contributed by atoms with E-state index in [1.807, 2.05) is 0 Å². The topological polar surface area (TPSA) is 32.3 Å². The SMILES string of the molecule is CCC(CCO)CNC1CC1. The van der Waals surface area contributed by atoms with Crippen molar-refractivity contribution < 1.29 is 5.11 Å². The van der Waals surface area contributed by atoms with Crippen molar-refractivity contribution in [2.24, 2.45) is 5.92 Å². The highest BCUT2D eigenvalue weighted by Gasteiger charge is 2.21.